The average Bonchev–Trinajstić information content (AvgIpc) is 2.43. The van der Waals surface area contributed by atoms with Crippen LogP contribution in [0.4, 0.5) is 4.39 Å². The summed E-state index contributed by atoms with van der Waals surface area (Å²) in [7, 11) is 0. The number of hydrogen-bond donors (Lipinski definition) is 1. The maximum Gasteiger partial charge on any atom is 0.141 e. The highest BCUT2D eigenvalue weighted by molar-refractivity contribution is 5.33. The number of nitrogens with zero attached hydrogens (tertiary/aromatic N) is 1. The molecular weight excluding hydrogens is 267 g/mol. The largest absolute Gasteiger partial charge is 0.489 e. The molecule has 0 saturated carbocycles. The second kappa shape index (κ2) is 6.68. The van der Waals surface area contributed by atoms with E-state index in [9.17, 15) is 4.39 Å². The Hall–Kier alpha value is -1.94. The standard InChI is InChI=1S/C17H21FN2O/c1-17(2,3)20-10-14-6-4-5-7-16(14)21-12-13-8-15(18)11-19-9-13/h4-9,11,20H,10,12H2,1-3H3. The van der Waals surface area contributed by atoms with E-state index in [1.165, 1.54) is 12.3 Å². The quantitative estimate of drug-likeness (QED) is 0.911. The van der Waals surface area contributed by atoms with Gasteiger partial charge in [0.05, 0.1) is 6.20 Å². The van der Waals surface area contributed by atoms with Crippen molar-refractivity contribution in [2.45, 2.75) is 39.5 Å². The van der Waals surface area contributed by atoms with Crippen molar-refractivity contribution in [3.63, 3.8) is 0 Å². The normalized spacial score (nSPS) is 11.4. The molecule has 21 heavy (non-hydrogen) atoms. The Balaban J connectivity index is 2.03. The van der Waals surface area contributed by atoms with E-state index < -0.39 is 0 Å². The molecule has 1 aromatic heterocycles. The monoisotopic (exact) mass is 288 g/mol. The molecule has 0 radical (unpaired) electrons. The number of pyridine rings is 1. The van der Waals surface area contributed by atoms with Crippen molar-refractivity contribution in [1.29, 1.82) is 0 Å². The predicted octanol–water partition coefficient (Wildman–Crippen LogP) is 3.69. The SMILES string of the molecule is CC(C)(C)NCc1ccccc1OCc1cncc(F)c1. The van der Waals surface area contributed by atoms with Gasteiger partial charge < -0.3 is 10.1 Å². The molecule has 0 spiro atoms. The van der Waals surface area contributed by atoms with Crippen molar-refractivity contribution >= 4 is 0 Å². The number of nitrogens with one attached hydrogen (secondary N) is 1. The van der Waals surface area contributed by atoms with E-state index in [0.29, 0.717) is 12.2 Å². The van der Waals surface area contributed by atoms with E-state index in [0.717, 1.165) is 17.9 Å². The van der Waals surface area contributed by atoms with Crippen LogP contribution in [0.1, 0.15) is 31.9 Å². The molecule has 0 aliphatic carbocycles. The molecule has 0 unspecified atom stereocenters. The van der Waals surface area contributed by atoms with Crippen LogP contribution in [0.15, 0.2) is 42.7 Å². The Morgan fingerprint density at radius 1 is 1.19 bits per heavy atom. The van der Waals surface area contributed by atoms with E-state index in [-0.39, 0.29) is 11.4 Å². The molecule has 0 aliphatic rings. The number of aromatic nitrogens is 1. The van der Waals surface area contributed by atoms with Crippen molar-refractivity contribution in [3.05, 3.63) is 59.7 Å². The zero-order chi connectivity index (χ0) is 15.3. The minimum Gasteiger partial charge on any atom is -0.489 e. The first-order valence-electron chi connectivity index (χ1n) is 6.99. The molecule has 3 nitrogen and oxygen atoms in total. The molecule has 0 amide bonds. The van der Waals surface area contributed by atoms with Gasteiger partial charge in [-0.25, -0.2) is 4.39 Å². The van der Waals surface area contributed by atoms with Crippen LogP contribution in [0.5, 0.6) is 5.75 Å². The highest BCUT2D eigenvalue weighted by Crippen LogP contribution is 2.20. The predicted molar refractivity (Wildman–Crippen MR) is 81.6 cm³/mol. The zero-order valence-electron chi connectivity index (χ0n) is 12.7. The summed E-state index contributed by atoms with van der Waals surface area (Å²) in [4.78, 5) is 3.82. The minimum absolute atomic E-state index is 0.0413. The van der Waals surface area contributed by atoms with Gasteiger partial charge in [-0.1, -0.05) is 18.2 Å². The Morgan fingerprint density at radius 3 is 2.67 bits per heavy atom. The first-order valence-corrected chi connectivity index (χ1v) is 6.99. The molecule has 0 bridgehead atoms. The molecular formula is C17H21FN2O. The third-order valence-electron chi connectivity index (χ3n) is 2.94. The lowest BCUT2D eigenvalue weighted by Crippen LogP contribution is -2.35. The number of ether oxygens (including phenoxy) is 1. The molecule has 1 aromatic carbocycles. The molecule has 4 heteroatoms. The van der Waals surface area contributed by atoms with Gasteiger partial charge in [-0.3, -0.25) is 4.98 Å². The molecule has 0 atom stereocenters. The number of benzene rings is 1. The molecule has 2 rings (SSSR count). The fourth-order valence-corrected chi connectivity index (χ4v) is 1.85. The average molecular weight is 288 g/mol. The van der Waals surface area contributed by atoms with Crippen LogP contribution < -0.4 is 10.1 Å². The number of hydrogen-bond acceptors (Lipinski definition) is 3. The van der Waals surface area contributed by atoms with Gasteiger partial charge in [0.1, 0.15) is 18.2 Å². The van der Waals surface area contributed by atoms with Gasteiger partial charge in [0.2, 0.25) is 0 Å². The van der Waals surface area contributed by atoms with Crippen LogP contribution >= 0.6 is 0 Å². The van der Waals surface area contributed by atoms with E-state index in [4.69, 9.17) is 4.74 Å². The van der Waals surface area contributed by atoms with E-state index in [2.05, 4.69) is 31.1 Å². The second-order valence-electron chi connectivity index (χ2n) is 6.01. The summed E-state index contributed by atoms with van der Waals surface area (Å²) in [5.41, 5.74) is 1.84. The summed E-state index contributed by atoms with van der Waals surface area (Å²) in [6.45, 7) is 7.39. The van der Waals surface area contributed by atoms with Gasteiger partial charge in [-0.2, -0.15) is 0 Å². The third-order valence-corrected chi connectivity index (χ3v) is 2.94. The van der Waals surface area contributed by atoms with Gasteiger partial charge in [0.15, 0.2) is 0 Å². The second-order valence-corrected chi connectivity index (χ2v) is 6.01. The molecule has 112 valence electrons. The summed E-state index contributed by atoms with van der Waals surface area (Å²) in [6.07, 6.45) is 2.80. The van der Waals surface area contributed by atoms with Crippen LogP contribution in [-0.4, -0.2) is 10.5 Å². The summed E-state index contributed by atoms with van der Waals surface area (Å²) in [5.74, 6) is 0.456. The van der Waals surface area contributed by atoms with Crippen LogP contribution in [0.2, 0.25) is 0 Å². The minimum atomic E-state index is -0.348. The van der Waals surface area contributed by atoms with Crippen molar-refractivity contribution in [2.24, 2.45) is 0 Å². The lowest BCUT2D eigenvalue weighted by molar-refractivity contribution is 0.299. The topological polar surface area (TPSA) is 34.1 Å². The van der Waals surface area contributed by atoms with Gasteiger partial charge in [0.25, 0.3) is 0 Å². The van der Waals surface area contributed by atoms with Crippen LogP contribution in [0.3, 0.4) is 0 Å². The fraction of sp³-hybridized carbons (Fsp3) is 0.353. The third kappa shape index (κ3) is 5.16. The van der Waals surface area contributed by atoms with Crippen molar-refractivity contribution < 1.29 is 9.13 Å². The van der Waals surface area contributed by atoms with Gasteiger partial charge in [0, 0.05) is 29.4 Å². The van der Waals surface area contributed by atoms with E-state index >= 15 is 0 Å². The first kappa shape index (κ1) is 15.4. The molecule has 1 N–H and O–H groups in total. The molecule has 0 fully saturated rings. The Labute approximate surface area is 125 Å². The Bertz CT molecular complexity index is 593. The number of para-hydroxylation sites is 1. The fourth-order valence-electron chi connectivity index (χ4n) is 1.85. The molecule has 2 aromatic rings. The molecule has 0 aliphatic heterocycles. The first-order chi connectivity index (χ1) is 9.94. The van der Waals surface area contributed by atoms with Crippen molar-refractivity contribution in [1.82, 2.24) is 10.3 Å². The summed E-state index contributed by atoms with van der Waals surface area (Å²) in [5, 5.41) is 3.43. The Morgan fingerprint density at radius 2 is 1.95 bits per heavy atom. The van der Waals surface area contributed by atoms with Crippen LogP contribution in [-0.2, 0) is 13.2 Å². The van der Waals surface area contributed by atoms with Gasteiger partial charge in [-0.15, -0.1) is 0 Å². The van der Waals surface area contributed by atoms with Crippen molar-refractivity contribution in [2.75, 3.05) is 0 Å². The maximum absolute atomic E-state index is 13.1. The lowest BCUT2D eigenvalue weighted by Gasteiger charge is -2.21. The van der Waals surface area contributed by atoms with Crippen LogP contribution in [0.25, 0.3) is 0 Å². The smallest absolute Gasteiger partial charge is 0.141 e. The Kier molecular flexibility index (Phi) is 4.91. The van der Waals surface area contributed by atoms with Crippen LogP contribution in [0, 0.1) is 5.82 Å². The highest BCUT2D eigenvalue weighted by atomic mass is 19.1. The van der Waals surface area contributed by atoms with E-state index in [1.807, 2.05) is 24.3 Å². The maximum atomic E-state index is 13.1. The van der Waals surface area contributed by atoms with E-state index in [1.54, 1.807) is 6.20 Å². The zero-order valence-corrected chi connectivity index (χ0v) is 12.7. The number of halogens is 1. The van der Waals surface area contributed by atoms with Gasteiger partial charge in [-0.05, 0) is 32.9 Å². The summed E-state index contributed by atoms with van der Waals surface area (Å²) < 4.78 is 18.9. The summed E-state index contributed by atoms with van der Waals surface area (Å²) in [6, 6.07) is 9.29. The van der Waals surface area contributed by atoms with Crippen molar-refractivity contribution in [3.8, 4) is 5.75 Å². The molecule has 0 saturated heterocycles. The molecule has 1 heterocycles. The lowest BCUT2D eigenvalue weighted by atomic mass is 10.1. The number of rotatable bonds is 5. The van der Waals surface area contributed by atoms with Gasteiger partial charge >= 0.3 is 0 Å². The highest BCUT2D eigenvalue weighted by Gasteiger charge is 2.10. The summed E-state index contributed by atoms with van der Waals surface area (Å²) >= 11 is 0.